The number of sulfonamides is 1. The Morgan fingerprint density at radius 3 is 2.67 bits per heavy atom. The van der Waals surface area contributed by atoms with Gasteiger partial charge >= 0.3 is 0 Å². The highest BCUT2D eigenvalue weighted by molar-refractivity contribution is 9.10. The molecule has 0 saturated carbocycles. The highest BCUT2D eigenvalue weighted by Gasteiger charge is 2.19. The SMILES string of the molecule is Cc1ccc(S(=O)(=O)Nc2nnn(C)n2)c(Br)c1. The molecule has 0 unspecified atom stereocenters. The molecule has 0 bridgehead atoms. The summed E-state index contributed by atoms with van der Waals surface area (Å²) >= 11 is 3.22. The van der Waals surface area contributed by atoms with E-state index in [2.05, 4.69) is 36.1 Å². The Hall–Kier alpha value is -1.48. The Bertz CT molecular complexity index is 682. The lowest BCUT2D eigenvalue weighted by Gasteiger charge is -2.06. The molecule has 0 aliphatic rings. The van der Waals surface area contributed by atoms with Gasteiger partial charge in [0, 0.05) is 4.47 Å². The largest absolute Gasteiger partial charge is 0.277 e. The maximum Gasteiger partial charge on any atom is 0.277 e. The van der Waals surface area contributed by atoms with Crippen LogP contribution in [-0.4, -0.2) is 28.6 Å². The zero-order valence-electron chi connectivity index (χ0n) is 9.62. The first kappa shape index (κ1) is 13.0. The summed E-state index contributed by atoms with van der Waals surface area (Å²) in [5, 5.41) is 10.9. The molecule has 0 aliphatic carbocycles. The van der Waals surface area contributed by atoms with E-state index in [-0.39, 0.29) is 10.8 Å². The van der Waals surface area contributed by atoms with Crippen LogP contribution in [0.5, 0.6) is 0 Å². The number of hydrogen-bond acceptors (Lipinski definition) is 5. The molecular formula is C9H10BrN5O2S. The van der Waals surface area contributed by atoms with Crippen LogP contribution in [0.25, 0.3) is 0 Å². The number of benzene rings is 1. The number of aryl methyl sites for hydroxylation is 2. The van der Waals surface area contributed by atoms with Crippen LogP contribution in [0.2, 0.25) is 0 Å². The molecular weight excluding hydrogens is 322 g/mol. The van der Waals surface area contributed by atoms with Crippen molar-refractivity contribution < 1.29 is 8.42 Å². The number of nitrogens with zero attached hydrogens (tertiary/aromatic N) is 4. The van der Waals surface area contributed by atoms with Crippen molar-refractivity contribution in [2.75, 3.05) is 4.72 Å². The van der Waals surface area contributed by atoms with Crippen LogP contribution >= 0.6 is 15.9 Å². The summed E-state index contributed by atoms with van der Waals surface area (Å²) in [7, 11) is -2.17. The average Bonchev–Trinajstić information content (AvgIpc) is 2.62. The highest BCUT2D eigenvalue weighted by Crippen LogP contribution is 2.24. The molecule has 0 radical (unpaired) electrons. The molecule has 0 spiro atoms. The van der Waals surface area contributed by atoms with Crippen molar-refractivity contribution in [3.8, 4) is 0 Å². The van der Waals surface area contributed by atoms with Crippen LogP contribution in [0.1, 0.15) is 5.56 Å². The van der Waals surface area contributed by atoms with Gasteiger partial charge in [-0.05, 0) is 45.8 Å². The van der Waals surface area contributed by atoms with Gasteiger partial charge in [0.2, 0.25) is 0 Å². The zero-order chi connectivity index (χ0) is 13.3. The van der Waals surface area contributed by atoms with Crippen LogP contribution in [0, 0.1) is 6.92 Å². The fourth-order valence-corrected chi connectivity index (χ4v) is 3.45. The van der Waals surface area contributed by atoms with Gasteiger partial charge in [0.1, 0.15) is 4.90 Å². The summed E-state index contributed by atoms with van der Waals surface area (Å²) in [5.41, 5.74) is 0.957. The van der Waals surface area contributed by atoms with Gasteiger partial charge in [-0.1, -0.05) is 11.2 Å². The minimum atomic E-state index is -3.72. The van der Waals surface area contributed by atoms with E-state index in [1.54, 1.807) is 19.2 Å². The number of anilines is 1. The normalized spacial score (nSPS) is 11.5. The van der Waals surface area contributed by atoms with E-state index >= 15 is 0 Å². The van der Waals surface area contributed by atoms with Crippen LogP contribution in [-0.2, 0) is 17.1 Å². The third-order valence-corrected chi connectivity index (χ3v) is 4.42. The molecule has 2 aromatic rings. The first-order chi connectivity index (χ1) is 8.38. The van der Waals surface area contributed by atoms with E-state index in [9.17, 15) is 8.42 Å². The summed E-state index contributed by atoms with van der Waals surface area (Å²) in [6, 6.07) is 4.94. The van der Waals surface area contributed by atoms with Gasteiger partial charge in [0.25, 0.3) is 16.0 Å². The lowest BCUT2D eigenvalue weighted by molar-refractivity contribution is 0.600. The van der Waals surface area contributed by atoms with Crippen LogP contribution in [0.3, 0.4) is 0 Å². The van der Waals surface area contributed by atoms with E-state index in [0.29, 0.717) is 4.47 Å². The minimum absolute atomic E-state index is 0.0648. The van der Waals surface area contributed by atoms with Gasteiger partial charge < -0.3 is 0 Å². The Labute approximate surface area is 112 Å². The maximum atomic E-state index is 12.1. The third kappa shape index (κ3) is 2.67. The van der Waals surface area contributed by atoms with Crippen molar-refractivity contribution in [1.29, 1.82) is 0 Å². The van der Waals surface area contributed by atoms with E-state index < -0.39 is 10.0 Å². The second kappa shape index (κ2) is 4.65. The number of nitrogens with one attached hydrogen (secondary N) is 1. The van der Waals surface area contributed by atoms with Gasteiger partial charge in [0.05, 0.1) is 7.05 Å². The summed E-state index contributed by atoms with van der Waals surface area (Å²) in [5.74, 6) is -0.0648. The van der Waals surface area contributed by atoms with E-state index in [1.165, 1.54) is 10.9 Å². The predicted octanol–water partition coefficient (Wildman–Crippen LogP) is 1.08. The van der Waals surface area contributed by atoms with E-state index in [1.807, 2.05) is 6.92 Å². The molecule has 1 heterocycles. The van der Waals surface area contributed by atoms with Crippen molar-refractivity contribution >= 4 is 31.9 Å². The van der Waals surface area contributed by atoms with Crippen molar-refractivity contribution in [1.82, 2.24) is 20.2 Å². The Balaban J connectivity index is 2.36. The Morgan fingerprint density at radius 2 is 2.11 bits per heavy atom. The molecule has 0 saturated heterocycles. The molecule has 1 aromatic carbocycles. The number of hydrogen-bond donors (Lipinski definition) is 1. The van der Waals surface area contributed by atoms with Gasteiger partial charge in [0.15, 0.2) is 0 Å². The molecule has 1 aromatic heterocycles. The predicted molar refractivity (Wildman–Crippen MR) is 68.5 cm³/mol. The molecule has 9 heteroatoms. The first-order valence-electron chi connectivity index (χ1n) is 4.91. The number of rotatable bonds is 3. The molecule has 0 atom stereocenters. The van der Waals surface area contributed by atoms with Gasteiger partial charge in [-0.2, -0.15) is 4.80 Å². The smallest absolute Gasteiger partial charge is 0.245 e. The minimum Gasteiger partial charge on any atom is -0.245 e. The summed E-state index contributed by atoms with van der Waals surface area (Å²) in [6.45, 7) is 1.87. The lowest BCUT2D eigenvalue weighted by atomic mass is 10.2. The van der Waals surface area contributed by atoms with Crippen molar-refractivity contribution in [2.24, 2.45) is 7.05 Å². The van der Waals surface area contributed by atoms with Crippen LogP contribution in [0.15, 0.2) is 27.6 Å². The van der Waals surface area contributed by atoms with Crippen molar-refractivity contribution in [2.45, 2.75) is 11.8 Å². The fourth-order valence-electron chi connectivity index (χ4n) is 1.32. The topological polar surface area (TPSA) is 89.8 Å². The van der Waals surface area contributed by atoms with Gasteiger partial charge in [-0.3, -0.25) is 0 Å². The third-order valence-electron chi connectivity index (χ3n) is 2.11. The Morgan fingerprint density at radius 1 is 1.39 bits per heavy atom. The summed E-state index contributed by atoms with van der Waals surface area (Å²) < 4.78 is 26.9. The fraction of sp³-hybridized carbons (Fsp3) is 0.222. The second-order valence-electron chi connectivity index (χ2n) is 3.64. The van der Waals surface area contributed by atoms with E-state index in [4.69, 9.17) is 0 Å². The first-order valence-corrected chi connectivity index (χ1v) is 7.19. The molecule has 2 rings (SSSR count). The average molecular weight is 332 g/mol. The number of aromatic nitrogens is 4. The van der Waals surface area contributed by atoms with Crippen LogP contribution < -0.4 is 4.72 Å². The highest BCUT2D eigenvalue weighted by atomic mass is 79.9. The lowest BCUT2D eigenvalue weighted by Crippen LogP contribution is -2.14. The van der Waals surface area contributed by atoms with Gasteiger partial charge in [-0.15, -0.1) is 5.10 Å². The number of tetrazole rings is 1. The molecule has 96 valence electrons. The molecule has 1 N–H and O–H groups in total. The van der Waals surface area contributed by atoms with Crippen molar-refractivity contribution in [3.63, 3.8) is 0 Å². The molecule has 0 amide bonds. The zero-order valence-corrected chi connectivity index (χ0v) is 12.0. The molecule has 0 fully saturated rings. The maximum absolute atomic E-state index is 12.1. The standard InChI is InChI=1S/C9H10BrN5O2S/c1-6-3-4-8(7(10)5-6)18(16,17)13-9-11-14-15(2)12-9/h3-5H,1-2H3,(H,12,13). The monoisotopic (exact) mass is 331 g/mol. The van der Waals surface area contributed by atoms with Crippen molar-refractivity contribution in [3.05, 3.63) is 28.2 Å². The van der Waals surface area contributed by atoms with Gasteiger partial charge in [-0.25, -0.2) is 13.1 Å². The molecule has 0 aliphatic heterocycles. The number of halogens is 1. The molecule has 18 heavy (non-hydrogen) atoms. The van der Waals surface area contributed by atoms with Crippen LogP contribution in [0.4, 0.5) is 5.95 Å². The second-order valence-corrected chi connectivity index (χ2v) is 6.15. The Kier molecular flexibility index (Phi) is 3.35. The quantitative estimate of drug-likeness (QED) is 0.908. The van der Waals surface area contributed by atoms with E-state index in [0.717, 1.165) is 5.56 Å². The molecule has 7 nitrogen and oxygen atoms in total. The summed E-state index contributed by atoms with van der Waals surface area (Å²) in [4.78, 5) is 1.29. The summed E-state index contributed by atoms with van der Waals surface area (Å²) in [6.07, 6.45) is 0.